The number of carbonyl (C=O) groups is 1. The molecule has 8 nitrogen and oxygen atoms in total. The number of aromatic hydroxyl groups is 1. The molecule has 5 rings (SSSR count). The number of nitriles is 1. The van der Waals surface area contributed by atoms with E-state index in [2.05, 4.69) is 32.7 Å². The van der Waals surface area contributed by atoms with Crippen molar-refractivity contribution in [1.82, 2.24) is 15.3 Å². The number of amides is 1. The van der Waals surface area contributed by atoms with Crippen molar-refractivity contribution in [3.8, 4) is 12.1 Å². The lowest BCUT2D eigenvalue weighted by molar-refractivity contribution is -0.122. The highest BCUT2D eigenvalue weighted by Crippen LogP contribution is 2.46. The van der Waals surface area contributed by atoms with Crippen molar-refractivity contribution >= 4 is 17.4 Å². The number of piperazine rings is 1. The Morgan fingerprint density at radius 1 is 1.33 bits per heavy atom. The molecular weight excluding hydrogens is 380 g/mol. The van der Waals surface area contributed by atoms with E-state index < -0.39 is 5.41 Å². The van der Waals surface area contributed by atoms with Gasteiger partial charge in [-0.2, -0.15) is 15.2 Å². The van der Waals surface area contributed by atoms with Gasteiger partial charge in [0.2, 0.25) is 5.91 Å². The molecule has 2 aliphatic heterocycles. The van der Waals surface area contributed by atoms with Crippen molar-refractivity contribution in [2.24, 2.45) is 0 Å². The van der Waals surface area contributed by atoms with Crippen molar-refractivity contribution in [1.29, 1.82) is 5.26 Å². The van der Waals surface area contributed by atoms with Crippen LogP contribution in [0.3, 0.4) is 0 Å². The van der Waals surface area contributed by atoms with Gasteiger partial charge in [-0.3, -0.25) is 4.79 Å². The van der Waals surface area contributed by atoms with Gasteiger partial charge in [0.25, 0.3) is 0 Å². The Bertz CT molecular complexity index is 1050. The van der Waals surface area contributed by atoms with E-state index in [0.29, 0.717) is 49.7 Å². The molecule has 1 aromatic carbocycles. The molecule has 8 heteroatoms. The number of hydrogen-bond acceptors (Lipinski definition) is 7. The summed E-state index contributed by atoms with van der Waals surface area (Å²) in [5.74, 6) is 0.510. The number of benzene rings is 1. The maximum Gasteiger partial charge on any atom is 0.316 e. The predicted octanol–water partition coefficient (Wildman–Crippen LogP) is 1.64. The molecule has 1 aromatic heterocycles. The molecule has 30 heavy (non-hydrogen) atoms. The molecule has 1 unspecified atom stereocenters. The number of aryl methyl sites for hydroxylation is 1. The molecule has 2 aromatic rings. The quantitative estimate of drug-likeness (QED) is 0.697. The number of rotatable bonds is 2. The SMILES string of the molecule is N#CC[C@H]1CN(c2nc(O)nc3c2NC(=O)C2(CCCc4ccccc42)C3)CCN1. The fraction of sp³-hybridized carbons (Fsp3) is 0.455. The first-order valence-electron chi connectivity index (χ1n) is 10.5. The van der Waals surface area contributed by atoms with Crippen molar-refractivity contribution in [3.05, 3.63) is 41.1 Å². The monoisotopic (exact) mass is 404 g/mol. The molecule has 1 spiro atoms. The maximum absolute atomic E-state index is 13.5. The third kappa shape index (κ3) is 2.97. The van der Waals surface area contributed by atoms with Crippen LogP contribution < -0.4 is 15.5 Å². The zero-order valence-electron chi connectivity index (χ0n) is 16.7. The first-order chi connectivity index (χ1) is 14.6. The summed E-state index contributed by atoms with van der Waals surface area (Å²) >= 11 is 0. The fourth-order valence-corrected chi connectivity index (χ4v) is 5.17. The summed E-state index contributed by atoms with van der Waals surface area (Å²) in [6.45, 7) is 1.96. The molecule has 3 heterocycles. The van der Waals surface area contributed by atoms with E-state index in [4.69, 9.17) is 5.26 Å². The van der Waals surface area contributed by atoms with Gasteiger partial charge < -0.3 is 20.6 Å². The normalized spacial score (nSPS) is 25.2. The summed E-state index contributed by atoms with van der Waals surface area (Å²) < 4.78 is 0. The Labute approximate surface area is 174 Å². The van der Waals surface area contributed by atoms with Crippen LogP contribution in [0.4, 0.5) is 11.5 Å². The minimum absolute atomic E-state index is 0.0207. The fourth-order valence-electron chi connectivity index (χ4n) is 5.17. The lowest BCUT2D eigenvalue weighted by Gasteiger charge is -2.42. The standard InChI is InChI=1S/C22H24N6O2/c23-9-7-15-13-28(11-10-24-15)19-18-17(25-21(30)27-19)12-22(20(29)26-18)8-3-5-14-4-1-2-6-16(14)22/h1-2,4,6,15,24H,3,5,7-8,10-13H2,(H,26,29)(H,25,27,30)/t15-,22?/m0/s1. The molecule has 0 bridgehead atoms. The zero-order valence-corrected chi connectivity index (χ0v) is 16.7. The number of nitrogens with zero attached hydrogens (tertiary/aromatic N) is 4. The van der Waals surface area contributed by atoms with Crippen molar-refractivity contribution < 1.29 is 9.90 Å². The minimum Gasteiger partial charge on any atom is -0.479 e. The number of aromatic nitrogens is 2. The largest absolute Gasteiger partial charge is 0.479 e. The lowest BCUT2D eigenvalue weighted by atomic mass is 9.65. The Hall–Kier alpha value is -3.18. The molecule has 2 atom stereocenters. The molecular formula is C22H24N6O2. The van der Waals surface area contributed by atoms with E-state index >= 15 is 0 Å². The van der Waals surface area contributed by atoms with Crippen LogP contribution in [-0.4, -0.2) is 46.7 Å². The van der Waals surface area contributed by atoms with Gasteiger partial charge in [0.15, 0.2) is 5.82 Å². The van der Waals surface area contributed by atoms with Crippen LogP contribution in [0.2, 0.25) is 0 Å². The molecule has 0 radical (unpaired) electrons. The van der Waals surface area contributed by atoms with Gasteiger partial charge in [-0.25, -0.2) is 0 Å². The van der Waals surface area contributed by atoms with E-state index in [0.717, 1.165) is 24.8 Å². The molecule has 1 aliphatic carbocycles. The van der Waals surface area contributed by atoms with Crippen LogP contribution in [-0.2, 0) is 23.1 Å². The van der Waals surface area contributed by atoms with E-state index in [1.807, 2.05) is 23.1 Å². The molecule has 0 saturated carbocycles. The Balaban J connectivity index is 1.55. The highest BCUT2D eigenvalue weighted by Gasteiger charge is 2.48. The lowest BCUT2D eigenvalue weighted by Crippen LogP contribution is -2.52. The summed E-state index contributed by atoms with van der Waals surface area (Å²) in [5.41, 5.74) is 2.87. The first-order valence-corrected chi connectivity index (χ1v) is 10.5. The second kappa shape index (κ2) is 7.26. The first kappa shape index (κ1) is 18.8. The zero-order chi connectivity index (χ0) is 20.7. The topological polar surface area (TPSA) is 114 Å². The van der Waals surface area contributed by atoms with Gasteiger partial charge >= 0.3 is 6.01 Å². The second-order valence-corrected chi connectivity index (χ2v) is 8.35. The van der Waals surface area contributed by atoms with Gasteiger partial charge in [-0.05, 0) is 30.4 Å². The Kier molecular flexibility index (Phi) is 4.55. The van der Waals surface area contributed by atoms with E-state index in [1.54, 1.807) is 0 Å². The van der Waals surface area contributed by atoms with E-state index in [9.17, 15) is 9.90 Å². The van der Waals surface area contributed by atoms with E-state index in [-0.39, 0.29) is 18.0 Å². The number of anilines is 2. The molecule has 3 N–H and O–H groups in total. The number of nitrogens with one attached hydrogen (secondary N) is 2. The summed E-state index contributed by atoms with van der Waals surface area (Å²) in [4.78, 5) is 24.1. The van der Waals surface area contributed by atoms with Gasteiger partial charge in [0.1, 0.15) is 5.69 Å². The van der Waals surface area contributed by atoms with Crippen LogP contribution in [0, 0.1) is 11.3 Å². The van der Waals surface area contributed by atoms with Gasteiger partial charge in [0.05, 0.1) is 23.6 Å². The molecule has 3 aliphatic rings. The van der Waals surface area contributed by atoms with Crippen LogP contribution in [0.1, 0.15) is 36.1 Å². The average Bonchev–Trinajstić information content (AvgIpc) is 2.75. The van der Waals surface area contributed by atoms with Gasteiger partial charge in [0, 0.05) is 32.1 Å². The smallest absolute Gasteiger partial charge is 0.316 e. The average molecular weight is 404 g/mol. The van der Waals surface area contributed by atoms with Crippen molar-refractivity contribution in [3.63, 3.8) is 0 Å². The van der Waals surface area contributed by atoms with E-state index in [1.165, 1.54) is 5.56 Å². The van der Waals surface area contributed by atoms with Gasteiger partial charge in [-0.1, -0.05) is 24.3 Å². The minimum atomic E-state index is -0.660. The summed E-state index contributed by atoms with van der Waals surface area (Å²) in [6.07, 6.45) is 3.51. The summed E-state index contributed by atoms with van der Waals surface area (Å²) in [6, 6.07) is 10.1. The van der Waals surface area contributed by atoms with Crippen molar-refractivity contribution in [2.75, 3.05) is 29.9 Å². The maximum atomic E-state index is 13.5. The number of fused-ring (bicyclic) bond motifs is 3. The highest BCUT2D eigenvalue weighted by molar-refractivity contribution is 6.04. The van der Waals surface area contributed by atoms with Gasteiger partial charge in [-0.15, -0.1) is 0 Å². The molecule has 154 valence electrons. The molecule has 1 fully saturated rings. The highest BCUT2D eigenvalue weighted by atomic mass is 16.3. The van der Waals surface area contributed by atoms with Crippen LogP contribution >= 0.6 is 0 Å². The molecule has 1 saturated heterocycles. The molecule has 1 amide bonds. The third-order valence-electron chi connectivity index (χ3n) is 6.57. The van der Waals surface area contributed by atoms with Crippen LogP contribution in [0.15, 0.2) is 24.3 Å². The summed E-state index contributed by atoms with van der Waals surface area (Å²) in [7, 11) is 0. The Morgan fingerprint density at radius 2 is 2.20 bits per heavy atom. The van der Waals surface area contributed by atoms with Crippen molar-refractivity contribution in [2.45, 2.75) is 43.6 Å². The predicted molar refractivity (Wildman–Crippen MR) is 111 cm³/mol. The number of hydrogen-bond donors (Lipinski definition) is 3. The Morgan fingerprint density at radius 3 is 3.07 bits per heavy atom. The van der Waals surface area contributed by atoms with Crippen LogP contribution in [0.25, 0.3) is 0 Å². The second-order valence-electron chi connectivity index (χ2n) is 8.35. The number of carbonyl (C=O) groups excluding carboxylic acids is 1. The summed E-state index contributed by atoms with van der Waals surface area (Å²) in [5, 5.41) is 25.7. The third-order valence-corrected chi connectivity index (χ3v) is 6.57. The van der Waals surface area contributed by atoms with Crippen LogP contribution in [0.5, 0.6) is 6.01 Å².